The molecule has 0 unspecified atom stereocenters. The lowest BCUT2D eigenvalue weighted by Gasteiger charge is -2.22. The van der Waals surface area contributed by atoms with Gasteiger partial charge in [-0.15, -0.1) is 0 Å². The van der Waals surface area contributed by atoms with Gasteiger partial charge in [0, 0.05) is 37.6 Å². The number of nitrogens with zero attached hydrogens (tertiary/aromatic N) is 2. The quantitative estimate of drug-likeness (QED) is 0.120. The van der Waals surface area contributed by atoms with E-state index < -0.39 is 0 Å². The van der Waals surface area contributed by atoms with Gasteiger partial charge < -0.3 is 9.80 Å². The Kier molecular flexibility index (Phi) is 10.3. The monoisotopic (exact) mass is 664 g/mol. The Morgan fingerprint density at radius 2 is 0.824 bits per heavy atom. The SMILES string of the molecule is CCN(CC)c1cccc(/C(=C\c2ccc3c(c2)-c2cc(/C=C(/c4ccccc4)c4cccc(N(CC)CC)c4)ccc2C3)c2ccccc2)c1. The predicted molar refractivity (Wildman–Crippen MR) is 222 cm³/mol. The van der Waals surface area contributed by atoms with Crippen molar-refractivity contribution in [2.24, 2.45) is 0 Å². The lowest BCUT2D eigenvalue weighted by Crippen LogP contribution is -2.21. The summed E-state index contributed by atoms with van der Waals surface area (Å²) in [4.78, 5) is 4.82. The molecule has 6 aromatic rings. The molecule has 7 rings (SSSR count). The van der Waals surface area contributed by atoms with Gasteiger partial charge in [0.25, 0.3) is 0 Å². The first-order valence-corrected chi connectivity index (χ1v) is 18.6. The van der Waals surface area contributed by atoms with Crippen molar-refractivity contribution in [2.75, 3.05) is 36.0 Å². The molecule has 2 heteroatoms. The van der Waals surface area contributed by atoms with Crippen LogP contribution in [-0.2, 0) is 6.42 Å². The number of rotatable bonds is 12. The van der Waals surface area contributed by atoms with E-state index in [-0.39, 0.29) is 0 Å². The molecular formula is C49H48N2. The highest BCUT2D eigenvalue weighted by Crippen LogP contribution is 2.40. The van der Waals surface area contributed by atoms with Crippen LogP contribution in [0.3, 0.4) is 0 Å². The van der Waals surface area contributed by atoms with Crippen molar-refractivity contribution < 1.29 is 0 Å². The normalized spacial score (nSPS) is 12.4. The van der Waals surface area contributed by atoms with Crippen molar-refractivity contribution >= 4 is 34.7 Å². The number of hydrogen-bond acceptors (Lipinski definition) is 2. The topological polar surface area (TPSA) is 6.48 Å². The second-order valence-corrected chi connectivity index (χ2v) is 13.3. The van der Waals surface area contributed by atoms with Crippen molar-refractivity contribution in [3.05, 3.63) is 190 Å². The van der Waals surface area contributed by atoms with Crippen molar-refractivity contribution in [1.82, 2.24) is 0 Å². The summed E-state index contributed by atoms with van der Waals surface area (Å²) >= 11 is 0. The Balaban J connectivity index is 1.30. The van der Waals surface area contributed by atoms with Crippen molar-refractivity contribution in [3.8, 4) is 11.1 Å². The number of hydrogen-bond donors (Lipinski definition) is 0. The molecule has 0 fully saturated rings. The van der Waals surface area contributed by atoms with E-state index in [0.29, 0.717) is 0 Å². The molecule has 1 aliphatic carbocycles. The highest BCUT2D eigenvalue weighted by atomic mass is 15.1. The molecule has 0 heterocycles. The minimum atomic E-state index is 0.966. The fraction of sp³-hybridized carbons (Fsp3) is 0.184. The zero-order valence-electron chi connectivity index (χ0n) is 30.4. The van der Waals surface area contributed by atoms with Crippen LogP contribution in [0.15, 0.2) is 146 Å². The van der Waals surface area contributed by atoms with Crippen LogP contribution in [0, 0.1) is 0 Å². The summed E-state index contributed by atoms with van der Waals surface area (Å²) in [7, 11) is 0. The Morgan fingerprint density at radius 3 is 1.22 bits per heavy atom. The summed E-state index contributed by atoms with van der Waals surface area (Å²) in [6.45, 7) is 12.8. The van der Waals surface area contributed by atoms with Crippen LogP contribution < -0.4 is 9.80 Å². The average molecular weight is 665 g/mol. The fourth-order valence-corrected chi connectivity index (χ4v) is 7.54. The Hall–Kier alpha value is -5.60. The maximum absolute atomic E-state index is 2.41. The van der Waals surface area contributed by atoms with E-state index in [1.165, 1.54) is 78.2 Å². The van der Waals surface area contributed by atoms with Gasteiger partial charge >= 0.3 is 0 Å². The predicted octanol–water partition coefficient (Wildman–Crippen LogP) is 12.1. The molecule has 0 N–H and O–H groups in total. The van der Waals surface area contributed by atoms with Crippen molar-refractivity contribution in [3.63, 3.8) is 0 Å². The van der Waals surface area contributed by atoms with Crippen LogP contribution >= 0.6 is 0 Å². The lowest BCUT2D eigenvalue weighted by atomic mass is 9.93. The van der Waals surface area contributed by atoms with E-state index in [4.69, 9.17) is 0 Å². The van der Waals surface area contributed by atoms with E-state index >= 15 is 0 Å². The van der Waals surface area contributed by atoms with Gasteiger partial charge in [-0.05, 0) is 149 Å². The standard InChI is InChI=1S/C49H48N2/c1-5-50(6-2)44-23-15-21-40(34-44)46(38-17-11-9-12-18-38)29-36-25-27-42-33-43-28-26-37(32-49(43)48(42)31-36)30-47(39-19-13-10-14-20-39)41-22-16-24-45(35-41)51(7-3)8-4/h9-32,34-35H,5-8,33H2,1-4H3/b46-29-,47-30-. The van der Waals surface area contributed by atoms with E-state index in [1.807, 2.05) is 0 Å². The third-order valence-corrected chi connectivity index (χ3v) is 10.3. The highest BCUT2D eigenvalue weighted by Gasteiger charge is 2.20. The number of benzene rings is 6. The summed E-state index contributed by atoms with van der Waals surface area (Å²) in [5, 5.41) is 0. The van der Waals surface area contributed by atoms with Gasteiger partial charge in [-0.3, -0.25) is 0 Å². The molecule has 0 atom stereocenters. The first-order valence-electron chi connectivity index (χ1n) is 18.6. The molecule has 6 aromatic carbocycles. The van der Waals surface area contributed by atoms with Crippen LogP contribution in [0.4, 0.5) is 11.4 Å². The van der Waals surface area contributed by atoms with E-state index in [0.717, 1.165) is 32.6 Å². The molecule has 1 aliphatic rings. The summed E-state index contributed by atoms with van der Waals surface area (Å²) in [6.07, 6.45) is 5.71. The Labute approximate surface area is 305 Å². The summed E-state index contributed by atoms with van der Waals surface area (Å²) in [5.41, 5.74) is 17.8. The molecule has 254 valence electrons. The third-order valence-electron chi connectivity index (χ3n) is 10.3. The highest BCUT2D eigenvalue weighted by molar-refractivity contribution is 5.95. The zero-order valence-corrected chi connectivity index (χ0v) is 30.4. The first kappa shape index (κ1) is 33.9. The first-order chi connectivity index (χ1) is 25.1. The molecule has 0 saturated heterocycles. The van der Waals surface area contributed by atoms with Crippen molar-refractivity contribution in [2.45, 2.75) is 34.1 Å². The molecule has 0 aromatic heterocycles. The van der Waals surface area contributed by atoms with E-state index in [1.54, 1.807) is 0 Å². The Morgan fingerprint density at radius 1 is 0.431 bits per heavy atom. The largest absolute Gasteiger partial charge is 0.372 e. The average Bonchev–Trinajstić information content (AvgIpc) is 3.55. The van der Waals surface area contributed by atoms with Gasteiger partial charge in [-0.2, -0.15) is 0 Å². The van der Waals surface area contributed by atoms with Gasteiger partial charge in [-0.25, -0.2) is 0 Å². The van der Waals surface area contributed by atoms with Gasteiger partial charge in [0.2, 0.25) is 0 Å². The lowest BCUT2D eigenvalue weighted by molar-refractivity contribution is 0.866. The van der Waals surface area contributed by atoms with Crippen LogP contribution in [0.25, 0.3) is 34.4 Å². The second-order valence-electron chi connectivity index (χ2n) is 13.3. The minimum Gasteiger partial charge on any atom is -0.372 e. The van der Waals surface area contributed by atoms with Crippen LogP contribution in [0.5, 0.6) is 0 Å². The molecule has 2 nitrogen and oxygen atoms in total. The maximum atomic E-state index is 2.41. The van der Waals surface area contributed by atoms with E-state index in [2.05, 4.69) is 195 Å². The Bertz CT molecular complexity index is 2010. The zero-order chi connectivity index (χ0) is 35.2. The maximum Gasteiger partial charge on any atom is 0.0372 e. The van der Waals surface area contributed by atoms with Gasteiger partial charge in [-0.1, -0.05) is 109 Å². The van der Waals surface area contributed by atoms with Gasteiger partial charge in [0.15, 0.2) is 0 Å². The molecule has 51 heavy (non-hydrogen) atoms. The molecule has 0 saturated carbocycles. The minimum absolute atomic E-state index is 0.966. The molecular weight excluding hydrogens is 617 g/mol. The molecule has 0 bridgehead atoms. The molecule has 0 spiro atoms. The van der Waals surface area contributed by atoms with Crippen LogP contribution in [0.1, 0.15) is 72.2 Å². The van der Waals surface area contributed by atoms with Crippen molar-refractivity contribution in [1.29, 1.82) is 0 Å². The summed E-state index contributed by atoms with van der Waals surface area (Å²) < 4.78 is 0. The fourth-order valence-electron chi connectivity index (χ4n) is 7.54. The smallest absolute Gasteiger partial charge is 0.0372 e. The van der Waals surface area contributed by atoms with Gasteiger partial charge in [0.1, 0.15) is 0 Å². The van der Waals surface area contributed by atoms with Crippen LogP contribution in [0.2, 0.25) is 0 Å². The number of anilines is 2. The summed E-state index contributed by atoms with van der Waals surface area (Å²) in [6, 6.07) is 53.7. The second kappa shape index (κ2) is 15.5. The van der Waals surface area contributed by atoms with Gasteiger partial charge in [0.05, 0.1) is 0 Å². The van der Waals surface area contributed by atoms with E-state index in [9.17, 15) is 0 Å². The molecule has 0 amide bonds. The van der Waals surface area contributed by atoms with Crippen LogP contribution in [-0.4, -0.2) is 26.2 Å². The molecule has 0 radical (unpaired) electrons. The summed E-state index contributed by atoms with van der Waals surface area (Å²) in [5.74, 6) is 0. The molecule has 0 aliphatic heterocycles. The third kappa shape index (κ3) is 7.32. The number of fused-ring (bicyclic) bond motifs is 3.